The maximum absolute atomic E-state index is 11.7. The van der Waals surface area contributed by atoms with E-state index >= 15 is 0 Å². The summed E-state index contributed by atoms with van der Waals surface area (Å²) < 4.78 is 5.19. The van der Waals surface area contributed by atoms with E-state index in [4.69, 9.17) is 40.2 Å². The van der Waals surface area contributed by atoms with Crippen molar-refractivity contribution < 1.29 is 9.53 Å². The summed E-state index contributed by atoms with van der Waals surface area (Å²) in [6.07, 6.45) is 0. The number of halogens is 2. The zero-order valence-corrected chi connectivity index (χ0v) is 12.3. The summed E-state index contributed by atoms with van der Waals surface area (Å²) in [5, 5.41) is 0.967. The number of hydrogen-bond acceptors (Lipinski definition) is 4. The summed E-state index contributed by atoms with van der Waals surface area (Å²) >= 11 is 18.1. The summed E-state index contributed by atoms with van der Waals surface area (Å²) in [7, 11) is 1.32. The Balaban J connectivity index is 2.63. The number of aromatic nitrogens is 1. The molecular formula is C11H7Cl2NO2S2. The monoisotopic (exact) mass is 319 g/mol. The Labute approximate surface area is 122 Å². The van der Waals surface area contributed by atoms with Crippen molar-refractivity contribution in [3.63, 3.8) is 0 Å². The Morgan fingerprint density at radius 1 is 1.44 bits per heavy atom. The van der Waals surface area contributed by atoms with Gasteiger partial charge in [-0.25, -0.2) is 4.79 Å². The van der Waals surface area contributed by atoms with Crippen molar-refractivity contribution in [2.45, 2.75) is 0 Å². The molecule has 0 aliphatic heterocycles. The van der Waals surface area contributed by atoms with E-state index in [1.54, 1.807) is 18.2 Å². The van der Waals surface area contributed by atoms with Gasteiger partial charge in [0, 0.05) is 10.6 Å². The van der Waals surface area contributed by atoms with Crippen molar-refractivity contribution in [1.82, 2.24) is 4.98 Å². The van der Waals surface area contributed by atoms with E-state index < -0.39 is 5.97 Å². The van der Waals surface area contributed by atoms with Gasteiger partial charge >= 0.3 is 5.97 Å². The van der Waals surface area contributed by atoms with Crippen molar-refractivity contribution in [2.75, 3.05) is 7.11 Å². The van der Waals surface area contributed by atoms with Crippen molar-refractivity contribution in [3.8, 4) is 11.3 Å². The molecule has 3 nitrogen and oxygen atoms in total. The van der Waals surface area contributed by atoms with Crippen LogP contribution in [0.5, 0.6) is 0 Å². The molecule has 94 valence electrons. The van der Waals surface area contributed by atoms with E-state index in [2.05, 4.69) is 4.98 Å². The maximum atomic E-state index is 11.7. The summed E-state index contributed by atoms with van der Waals surface area (Å²) in [5.41, 5.74) is 1.22. The second-order valence-corrected chi connectivity index (χ2v) is 5.87. The molecule has 0 amide bonds. The molecule has 0 aliphatic rings. The molecule has 0 radical (unpaired) electrons. The molecule has 1 heterocycles. The van der Waals surface area contributed by atoms with Crippen LogP contribution in [-0.4, -0.2) is 18.1 Å². The number of benzene rings is 1. The van der Waals surface area contributed by atoms with Crippen molar-refractivity contribution in [3.05, 3.63) is 37.1 Å². The first-order valence-corrected chi connectivity index (χ1v) is 6.78. The number of H-pyrrole nitrogens is 1. The molecule has 18 heavy (non-hydrogen) atoms. The topological polar surface area (TPSA) is 42.1 Å². The van der Waals surface area contributed by atoms with E-state index in [9.17, 15) is 4.79 Å². The van der Waals surface area contributed by atoms with Crippen LogP contribution in [0.2, 0.25) is 10.0 Å². The van der Waals surface area contributed by atoms with Crippen LogP contribution < -0.4 is 0 Å². The van der Waals surface area contributed by atoms with Crippen molar-refractivity contribution in [2.24, 2.45) is 0 Å². The Kier molecular flexibility index (Phi) is 4.07. The fraction of sp³-hybridized carbons (Fsp3) is 0.0909. The summed E-state index contributed by atoms with van der Waals surface area (Å²) in [6.45, 7) is 0. The predicted molar refractivity (Wildman–Crippen MR) is 76.3 cm³/mol. The minimum atomic E-state index is -0.451. The number of nitrogens with one attached hydrogen (secondary N) is 1. The van der Waals surface area contributed by atoms with Crippen LogP contribution in [0.4, 0.5) is 0 Å². The fourth-order valence-electron chi connectivity index (χ4n) is 1.45. The van der Waals surface area contributed by atoms with Crippen LogP contribution in [0.15, 0.2) is 18.2 Å². The number of esters is 1. The number of ether oxygens (including phenoxy) is 1. The molecule has 2 rings (SSSR count). The van der Waals surface area contributed by atoms with Gasteiger partial charge < -0.3 is 9.72 Å². The van der Waals surface area contributed by atoms with Crippen molar-refractivity contribution >= 4 is 52.7 Å². The lowest BCUT2D eigenvalue weighted by Gasteiger charge is -2.04. The minimum absolute atomic E-state index is 0.395. The van der Waals surface area contributed by atoms with Gasteiger partial charge in [-0.05, 0) is 30.4 Å². The number of thiazole rings is 1. The highest BCUT2D eigenvalue weighted by molar-refractivity contribution is 7.73. The molecule has 1 aromatic carbocycles. The van der Waals surface area contributed by atoms with Gasteiger partial charge in [-0.1, -0.05) is 34.5 Å². The number of hydrogen-bond donors (Lipinski definition) is 1. The van der Waals surface area contributed by atoms with Crippen LogP contribution in [0.25, 0.3) is 11.3 Å². The minimum Gasteiger partial charge on any atom is -0.465 e. The number of aromatic amines is 1. The van der Waals surface area contributed by atoms with Crippen LogP contribution >= 0.6 is 46.8 Å². The molecule has 0 saturated heterocycles. The average molecular weight is 320 g/mol. The van der Waals surface area contributed by atoms with Gasteiger partial charge in [0.2, 0.25) is 0 Å². The second kappa shape index (κ2) is 5.40. The van der Waals surface area contributed by atoms with Gasteiger partial charge in [-0.15, -0.1) is 0 Å². The molecule has 1 N–H and O–H groups in total. The van der Waals surface area contributed by atoms with Crippen LogP contribution in [0.3, 0.4) is 0 Å². The third-order valence-electron chi connectivity index (χ3n) is 2.22. The lowest BCUT2D eigenvalue weighted by molar-refractivity contribution is 0.0607. The first-order chi connectivity index (χ1) is 8.52. The second-order valence-electron chi connectivity index (χ2n) is 3.33. The molecule has 0 unspecified atom stereocenters. The molecule has 7 heteroatoms. The molecule has 0 atom stereocenters. The first kappa shape index (κ1) is 13.5. The van der Waals surface area contributed by atoms with E-state index in [1.807, 2.05) is 0 Å². The molecule has 1 aromatic heterocycles. The van der Waals surface area contributed by atoms with Gasteiger partial charge in [0.25, 0.3) is 0 Å². The normalized spacial score (nSPS) is 10.4. The number of carbonyl (C=O) groups excluding carboxylic acids is 1. The van der Waals surface area contributed by atoms with Gasteiger partial charge in [0.1, 0.15) is 4.88 Å². The number of rotatable bonds is 2. The Bertz CT molecular complexity index is 663. The Morgan fingerprint density at radius 3 is 2.78 bits per heavy atom. The highest BCUT2D eigenvalue weighted by atomic mass is 35.5. The maximum Gasteiger partial charge on any atom is 0.350 e. The Hall–Kier alpha value is -0.880. The zero-order valence-electron chi connectivity index (χ0n) is 9.12. The highest BCUT2D eigenvalue weighted by Crippen LogP contribution is 2.33. The van der Waals surface area contributed by atoms with Gasteiger partial charge in [-0.3, -0.25) is 0 Å². The fourth-order valence-corrected chi connectivity index (χ4v) is 3.07. The zero-order chi connectivity index (χ0) is 13.3. The third-order valence-corrected chi connectivity index (χ3v) is 3.98. The van der Waals surface area contributed by atoms with Gasteiger partial charge in [0.15, 0.2) is 3.95 Å². The molecule has 0 bridgehead atoms. The quantitative estimate of drug-likeness (QED) is 0.651. The Morgan fingerprint density at radius 2 is 2.17 bits per heavy atom. The largest absolute Gasteiger partial charge is 0.465 e. The third kappa shape index (κ3) is 2.59. The van der Waals surface area contributed by atoms with Gasteiger partial charge in [-0.2, -0.15) is 0 Å². The van der Waals surface area contributed by atoms with E-state index in [0.717, 1.165) is 11.3 Å². The SMILES string of the molecule is COC(=O)c1sc(=S)[nH]c1-c1ccc(Cl)cc1Cl. The van der Waals surface area contributed by atoms with Gasteiger partial charge in [0.05, 0.1) is 17.8 Å². The molecule has 0 aliphatic carbocycles. The lowest BCUT2D eigenvalue weighted by Crippen LogP contribution is -2.00. The molecule has 0 fully saturated rings. The highest BCUT2D eigenvalue weighted by Gasteiger charge is 2.18. The molecule has 0 saturated carbocycles. The van der Waals surface area contributed by atoms with Crippen LogP contribution in [-0.2, 0) is 4.74 Å². The predicted octanol–water partition coefficient (Wildman–Crippen LogP) is 4.57. The van der Waals surface area contributed by atoms with E-state index in [1.165, 1.54) is 7.11 Å². The molecular weight excluding hydrogens is 313 g/mol. The van der Waals surface area contributed by atoms with E-state index in [-0.39, 0.29) is 0 Å². The van der Waals surface area contributed by atoms with Crippen LogP contribution in [0, 0.1) is 3.95 Å². The summed E-state index contributed by atoms with van der Waals surface area (Å²) in [5.74, 6) is -0.451. The standard InChI is InChI=1S/C11H7Cl2NO2S2/c1-16-10(15)9-8(14-11(17)18-9)6-3-2-5(12)4-7(6)13/h2-4H,1H3,(H,14,17). The van der Waals surface area contributed by atoms with Crippen LogP contribution in [0.1, 0.15) is 9.67 Å². The molecule has 2 aromatic rings. The summed E-state index contributed by atoms with van der Waals surface area (Å²) in [6, 6.07) is 5.02. The number of carbonyl (C=O) groups is 1. The summed E-state index contributed by atoms with van der Waals surface area (Å²) in [4.78, 5) is 15.0. The lowest BCUT2D eigenvalue weighted by atomic mass is 10.1. The molecule has 0 spiro atoms. The first-order valence-electron chi connectivity index (χ1n) is 4.79. The smallest absolute Gasteiger partial charge is 0.350 e. The average Bonchev–Trinajstić information content (AvgIpc) is 2.70. The van der Waals surface area contributed by atoms with Crippen molar-refractivity contribution in [1.29, 1.82) is 0 Å². The number of methoxy groups -OCH3 is 1. The van der Waals surface area contributed by atoms with E-state index in [0.29, 0.717) is 30.1 Å².